The second-order valence-electron chi connectivity index (χ2n) is 7.96. The topological polar surface area (TPSA) is 90.0 Å². The van der Waals surface area contributed by atoms with Gasteiger partial charge in [-0.15, -0.1) is 0 Å². The molecule has 148 valence electrons. The predicted molar refractivity (Wildman–Crippen MR) is 107 cm³/mol. The average Bonchev–Trinajstić information content (AvgIpc) is 3.10. The van der Waals surface area contributed by atoms with Crippen molar-refractivity contribution in [3.05, 3.63) is 36.3 Å². The summed E-state index contributed by atoms with van der Waals surface area (Å²) in [6, 6.07) is 6.98. The Hall–Kier alpha value is -2.58. The number of rotatable bonds is 3. The van der Waals surface area contributed by atoms with E-state index in [1.54, 1.807) is 18.3 Å². The van der Waals surface area contributed by atoms with Gasteiger partial charge in [0.05, 0.1) is 17.3 Å². The molecule has 3 aromatic rings. The van der Waals surface area contributed by atoms with Crippen molar-refractivity contribution in [3.63, 3.8) is 0 Å². The van der Waals surface area contributed by atoms with Gasteiger partial charge >= 0.3 is 0 Å². The number of nitrogens with one attached hydrogen (secondary N) is 2. The minimum absolute atomic E-state index is 0. The van der Waals surface area contributed by atoms with E-state index in [2.05, 4.69) is 37.3 Å². The Balaban J connectivity index is 0.00000205. The summed E-state index contributed by atoms with van der Waals surface area (Å²) >= 11 is 0. The monoisotopic (exact) mass is 384 g/mol. The number of H-pyrrole nitrogens is 1. The number of piperazine rings is 1. The van der Waals surface area contributed by atoms with Crippen molar-refractivity contribution in [2.24, 2.45) is 0 Å². The second-order valence-corrected chi connectivity index (χ2v) is 7.96. The number of anilines is 1. The molecule has 0 aromatic carbocycles. The SMILES string of the molecule is CC1CN(c2ccc(F)c(-c3[nH]nc4ncccc34)n2)CC(C2(O)CCC2)N1.[HH]. The van der Waals surface area contributed by atoms with Gasteiger partial charge in [-0.1, -0.05) is 0 Å². The van der Waals surface area contributed by atoms with Gasteiger partial charge in [0.25, 0.3) is 0 Å². The highest BCUT2D eigenvalue weighted by molar-refractivity contribution is 5.89. The Morgan fingerprint density at radius 2 is 2.14 bits per heavy atom. The van der Waals surface area contributed by atoms with Crippen molar-refractivity contribution in [2.75, 3.05) is 18.0 Å². The van der Waals surface area contributed by atoms with Gasteiger partial charge in [-0.25, -0.2) is 14.4 Å². The minimum Gasteiger partial charge on any atom is -0.388 e. The van der Waals surface area contributed by atoms with Crippen molar-refractivity contribution < 1.29 is 10.9 Å². The van der Waals surface area contributed by atoms with Gasteiger partial charge in [0.2, 0.25) is 0 Å². The van der Waals surface area contributed by atoms with E-state index < -0.39 is 11.4 Å². The van der Waals surface area contributed by atoms with Crippen LogP contribution < -0.4 is 10.2 Å². The van der Waals surface area contributed by atoms with Crippen molar-refractivity contribution in [3.8, 4) is 11.4 Å². The maximum absolute atomic E-state index is 14.6. The van der Waals surface area contributed by atoms with Crippen molar-refractivity contribution >= 4 is 16.9 Å². The highest BCUT2D eigenvalue weighted by Gasteiger charge is 2.45. The number of aliphatic hydroxyl groups is 1. The van der Waals surface area contributed by atoms with Crippen molar-refractivity contribution in [1.82, 2.24) is 25.5 Å². The van der Waals surface area contributed by atoms with Crippen LogP contribution in [-0.2, 0) is 0 Å². The zero-order valence-electron chi connectivity index (χ0n) is 15.7. The number of aromatic amines is 1. The first-order valence-corrected chi connectivity index (χ1v) is 9.73. The molecule has 2 unspecified atom stereocenters. The predicted octanol–water partition coefficient (Wildman–Crippen LogP) is 2.49. The van der Waals surface area contributed by atoms with E-state index in [0.717, 1.165) is 31.2 Å². The molecule has 3 aromatic heterocycles. The van der Waals surface area contributed by atoms with E-state index in [0.29, 0.717) is 23.7 Å². The molecule has 0 amide bonds. The van der Waals surface area contributed by atoms with Crippen molar-refractivity contribution in [2.45, 2.75) is 43.9 Å². The van der Waals surface area contributed by atoms with Crippen LogP contribution in [0.3, 0.4) is 0 Å². The van der Waals surface area contributed by atoms with Gasteiger partial charge in [0, 0.05) is 32.1 Å². The number of halogens is 1. The van der Waals surface area contributed by atoms with E-state index in [1.165, 1.54) is 6.07 Å². The maximum atomic E-state index is 14.6. The Labute approximate surface area is 163 Å². The zero-order chi connectivity index (χ0) is 19.3. The lowest BCUT2D eigenvalue weighted by Gasteiger charge is -2.49. The molecule has 0 bridgehead atoms. The number of fused-ring (bicyclic) bond motifs is 1. The lowest BCUT2D eigenvalue weighted by Crippen LogP contribution is -2.66. The molecule has 5 rings (SSSR count). The Kier molecular flexibility index (Phi) is 4.06. The third-order valence-corrected chi connectivity index (χ3v) is 5.97. The molecule has 1 saturated heterocycles. The summed E-state index contributed by atoms with van der Waals surface area (Å²) in [5.74, 6) is 0.292. The van der Waals surface area contributed by atoms with Gasteiger partial charge < -0.3 is 15.3 Å². The smallest absolute Gasteiger partial charge is 0.181 e. The summed E-state index contributed by atoms with van der Waals surface area (Å²) in [7, 11) is 0. The highest BCUT2D eigenvalue weighted by Crippen LogP contribution is 2.37. The number of hydrogen-bond acceptors (Lipinski definition) is 6. The maximum Gasteiger partial charge on any atom is 0.181 e. The molecular formula is C20H25FN6O. The summed E-state index contributed by atoms with van der Waals surface area (Å²) in [6.07, 6.45) is 4.35. The van der Waals surface area contributed by atoms with Crippen LogP contribution in [0.25, 0.3) is 22.4 Å². The fourth-order valence-corrected chi connectivity index (χ4v) is 4.29. The molecule has 1 saturated carbocycles. The molecule has 7 nitrogen and oxygen atoms in total. The van der Waals surface area contributed by atoms with E-state index in [9.17, 15) is 9.50 Å². The van der Waals surface area contributed by atoms with Gasteiger partial charge in [0.15, 0.2) is 11.5 Å². The Morgan fingerprint density at radius 1 is 1.29 bits per heavy atom. The molecule has 28 heavy (non-hydrogen) atoms. The summed E-state index contributed by atoms with van der Waals surface area (Å²) < 4.78 is 14.6. The highest BCUT2D eigenvalue weighted by atomic mass is 19.1. The molecule has 2 aliphatic rings. The van der Waals surface area contributed by atoms with Gasteiger partial charge in [0.1, 0.15) is 11.5 Å². The molecule has 1 aliphatic heterocycles. The summed E-state index contributed by atoms with van der Waals surface area (Å²) in [4.78, 5) is 10.9. The minimum atomic E-state index is -0.652. The van der Waals surface area contributed by atoms with E-state index in [4.69, 9.17) is 0 Å². The largest absolute Gasteiger partial charge is 0.388 e. The van der Waals surface area contributed by atoms with Crippen LogP contribution in [0, 0.1) is 5.82 Å². The van der Waals surface area contributed by atoms with E-state index >= 15 is 0 Å². The van der Waals surface area contributed by atoms with Gasteiger partial charge in [-0.05, 0) is 50.5 Å². The summed E-state index contributed by atoms with van der Waals surface area (Å²) in [6.45, 7) is 3.49. The zero-order valence-corrected chi connectivity index (χ0v) is 15.7. The van der Waals surface area contributed by atoms with Crippen LogP contribution in [0.4, 0.5) is 10.2 Å². The first kappa shape index (κ1) is 17.5. The van der Waals surface area contributed by atoms with Crippen LogP contribution in [0.15, 0.2) is 30.5 Å². The normalized spacial score (nSPS) is 24.3. The van der Waals surface area contributed by atoms with Crippen LogP contribution in [-0.4, -0.2) is 56.0 Å². The van der Waals surface area contributed by atoms with Crippen LogP contribution in [0.1, 0.15) is 27.6 Å². The fraction of sp³-hybridized carbons (Fsp3) is 0.450. The van der Waals surface area contributed by atoms with E-state index in [-0.39, 0.29) is 19.2 Å². The molecule has 2 fully saturated rings. The molecule has 3 N–H and O–H groups in total. The lowest BCUT2D eigenvalue weighted by atomic mass is 9.73. The molecule has 2 atom stereocenters. The number of pyridine rings is 2. The molecule has 1 aliphatic carbocycles. The molecular weight excluding hydrogens is 359 g/mol. The standard InChI is InChI=1S/C20H23FN6O.H2/c1-12-10-27(11-15(23-12)20(28)7-3-8-20)16-6-5-14(21)18(24-16)17-13-4-2-9-22-19(13)26-25-17;/h2,4-6,9,12,15,23,28H,3,7-8,10-11H2,1H3,(H,22,25,26);1H. The third-order valence-electron chi connectivity index (χ3n) is 5.97. The van der Waals surface area contributed by atoms with Crippen LogP contribution in [0.2, 0.25) is 0 Å². The third kappa shape index (κ3) is 2.84. The molecule has 0 radical (unpaired) electrons. The van der Waals surface area contributed by atoms with Gasteiger partial charge in [-0.3, -0.25) is 5.10 Å². The Bertz CT molecular complexity index is 1020. The number of nitrogens with zero attached hydrogens (tertiary/aromatic N) is 4. The fourth-order valence-electron chi connectivity index (χ4n) is 4.29. The first-order chi connectivity index (χ1) is 13.5. The number of hydrogen-bond donors (Lipinski definition) is 3. The van der Waals surface area contributed by atoms with E-state index in [1.807, 2.05) is 6.07 Å². The quantitative estimate of drug-likeness (QED) is 0.643. The molecule has 8 heteroatoms. The summed E-state index contributed by atoms with van der Waals surface area (Å²) in [5, 5.41) is 22.1. The summed E-state index contributed by atoms with van der Waals surface area (Å²) in [5.41, 5.74) is 0.645. The molecule has 4 heterocycles. The number of aromatic nitrogens is 4. The van der Waals surface area contributed by atoms with Gasteiger partial charge in [-0.2, -0.15) is 5.10 Å². The first-order valence-electron chi connectivity index (χ1n) is 9.73. The van der Waals surface area contributed by atoms with Crippen LogP contribution >= 0.6 is 0 Å². The second kappa shape index (κ2) is 6.49. The van der Waals surface area contributed by atoms with Crippen LogP contribution in [0.5, 0.6) is 0 Å². The van der Waals surface area contributed by atoms with Crippen molar-refractivity contribution in [1.29, 1.82) is 0 Å². The lowest BCUT2D eigenvalue weighted by molar-refractivity contribution is -0.0681. The Morgan fingerprint density at radius 3 is 2.93 bits per heavy atom. The average molecular weight is 384 g/mol. The molecule has 0 spiro atoms.